The smallest absolute Gasteiger partial charge is 0.231 e. The highest BCUT2D eigenvalue weighted by Crippen LogP contribution is 2.29. The number of para-hydroxylation sites is 2. The van der Waals surface area contributed by atoms with Crippen LogP contribution < -0.4 is 9.64 Å². The predicted molar refractivity (Wildman–Crippen MR) is 120 cm³/mol. The van der Waals surface area contributed by atoms with Crippen molar-refractivity contribution < 1.29 is 4.74 Å². The Hall–Kier alpha value is -3.44. The van der Waals surface area contributed by atoms with E-state index in [-0.39, 0.29) is 0 Å². The zero-order chi connectivity index (χ0) is 20.2. The van der Waals surface area contributed by atoms with Gasteiger partial charge >= 0.3 is 0 Å². The molecule has 1 aliphatic rings. The molecule has 1 aromatic heterocycles. The summed E-state index contributed by atoms with van der Waals surface area (Å²) in [5.41, 5.74) is 2.26. The lowest BCUT2D eigenvalue weighted by Gasteiger charge is -2.34. The van der Waals surface area contributed by atoms with Gasteiger partial charge in [-0.05, 0) is 29.8 Å². The Labute approximate surface area is 176 Å². The summed E-state index contributed by atoms with van der Waals surface area (Å²) < 4.78 is 6.14. The van der Waals surface area contributed by atoms with Gasteiger partial charge in [-0.2, -0.15) is 4.98 Å². The third-order valence-corrected chi connectivity index (χ3v) is 5.42. The van der Waals surface area contributed by atoms with Gasteiger partial charge in [-0.3, -0.25) is 4.90 Å². The molecule has 5 heteroatoms. The largest absolute Gasteiger partial charge is 0.438 e. The van der Waals surface area contributed by atoms with E-state index >= 15 is 0 Å². The SMILES string of the molecule is c1ccc(CN2CCN(c3nc(Oc4ccccc4)c4ccccc4n3)CC2)cc1. The number of anilines is 1. The molecule has 5 nitrogen and oxygen atoms in total. The summed E-state index contributed by atoms with van der Waals surface area (Å²) in [6, 6.07) is 28.4. The standard InChI is InChI=1S/C25H24N4O/c1-3-9-20(10-4-1)19-28-15-17-29(18-16-28)25-26-23-14-8-7-13-22(23)24(27-25)30-21-11-5-2-6-12-21/h1-14H,15-19H2. The van der Waals surface area contributed by atoms with Crippen LogP contribution in [-0.2, 0) is 6.54 Å². The van der Waals surface area contributed by atoms with Crippen molar-refractivity contribution in [3.63, 3.8) is 0 Å². The van der Waals surface area contributed by atoms with Crippen LogP contribution in [0.2, 0.25) is 0 Å². The summed E-state index contributed by atoms with van der Waals surface area (Å²) in [6.45, 7) is 4.75. The van der Waals surface area contributed by atoms with Crippen molar-refractivity contribution in [2.24, 2.45) is 0 Å². The lowest BCUT2D eigenvalue weighted by atomic mass is 10.2. The minimum absolute atomic E-state index is 0.605. The van der Waals surface area contributed by atoms with E-state index in [1.807, 2.05) is 54.6 Å². The molecular formula is C25H24N4O. The van der Waals surface area contributed by atoms with Crippen LogP contribution in [0.5, 0.6) is 11.6 Å². The Balaban J connectivity index is 1.36. The molecule has 0 bridgehead atoms. The lowest BCUT2D eigenvalue weighted by molar-refractivity contribution is 0.248. The maximum absolute atomic E-state index is 6.14. The summed E-state index contributed by atoms with van der Waals surface area (Å²) in [5, 5.41) is 0.924. The highest BCUT2D eigenvalue weighted by Gasteiger charge is 2.21. The van der Waals surface area contributed by atoms with Gasteiger partial charge in [-0.15, -0.1) is 0 Å². The van der Waals surface area contributed by atoms with Gasteiger partial charge in [0.1, 0.15) is 5.75 Å². The summed E-state index contributed by atoms with van der Waals surface area (Å²) in [6.07, 6.45) is 0. The molecule has 1 saturated heterocycles. The van der Waals surface area contributed by atoms with E-state index in [0.717, 1.165) is 55.3 Å². The molecule has 0 spiro atoms. The second-order valence-electron chi connectivity index (χ2n) is 7.51. The number of rotatable bonds is 5. The molecule has 0 aliphatic carbocycles. The number of aromatic nitrogens is 2. The van der Waals surface area contributed by atoms with Crippen LogP contribution in [-0.4, -0.2) is 41.0 Å². The fourth-order valence-corrected chi connectivity index (χ4v) is 3.80. The van der Waals surface area contributed by atoms with Gasteiger partial charge in [-0.1, -0.05) is 60.7 Å². The molecular weight excluding hydrogens is 372 g/mol. The van der Waals surface area contributed by atoms with Gasteiger partial charge in [0.2, 0.25) is 11.8 Å². The molecule has 1 aliphatic heterocycles. The van der Waals surface area contributed by atoms with Gasteiger partial charge in [0, 0.05) is 32.7 Å². The van der Waals surface area contributed by atoms with Crippen LogP contribution in [0, 0.1) is 0 Å². The Bertz CT molecular complexity index is 1110. The molecule has 0 saturated carbocycles. The van der Waals surface area contributed by atoms with Gasteiger partial charge in [-0.25, -0.2) is 4.98 Å². The van der Waals surface area contributed by atoms with Gasteiger partial charge < -0.3 is 9.64 Å². The number of piperazine rings is 1. The van der Waals surface area contributed by atoms with Crippen LogP contribution in [0.15, 0.2) is 84.9 Å². The van der Waals surface area contributed by atoms with Crippen molar-refractivity contribution in [3.05, 3.63) is 90.5 Å². The first kappa shape index (κ1) is 18.6. The minimum Gasteiger partial charge on any atom is -0.438 e. The molecule has 0 N–H and O–H groups in total. The van der Waals surface area contributed by atoms with Crippen LogP contribution in [0.4, 0.5) is 5.95 Å². The van der Waals surface area contributed by atoms with Crippen molar-refractivity contribution in [3.8, 4) is 11.6 Å². The number of ether oxygens (including phenoxy) is 1. The maximum atomic E-state index is 6.14. The average Bonchev–Trinajstić information content (AvgIpc) is 2.81. The maximum Gasteiger partial charge on any atom is 0.231 e. The van der Waals surface area contributed by atoms with E-state index in [0.29, 0.717) is 5.88 Å². The monoisotopic (exact) mass is 396 g/mol. The summed E-state index contributed by atoms with van der Waals surface area (Å²) in [4.78, 5) is 14.4. The molecule has 0 amide bonds. The quantitative estimate of drug-likeness (QED) is 0.487. The van der Waals surface area contributed by atoms with Gasteiger partial charge in [0.15, 0.2) is 0 Å². The van der Waals surface area contributed by atoms with Gasteiger partial charge in [0.25, 0.3) is 0 Å². The van der Waals surface area contributed by atoms with E-state index < -0.39 is 0 Å². The number of nitrogens with zero attached hydrogens (tertiary/aromatic N) is 4. The first-order chi connectivity index (χ1) is 14.8. The number of fused-ring (bicyclic) bond motifs is 1. The fraction of sp³-hybridized carbons (Fsp3) is 0.200. The van der Waals surface area contributed by atoms with E-state index in [2.05, 4.69) is 40.1 Å². The molecule has 0 unspecified atom stereocenters. The normalized spacial score (nSPS) is 14.7. The van der Waals surface area contributed by atoms with E-state index in [9.17, 15) is 0 Å². The zero-order valence-electron chi connectivity index (χ0n) is 16.8. The predicted octanol–water partition coefficient (Wildman–Crippen LogP) is 4.74. The van der Waals surface area contributed by atoms with Crippen molar-refractivity contribution in [2.75, 3.05) is 31.1 Å². The molecule has 2 heterocycles. The minimum atomic E-state index is 0.605. The number of benzene rings is 3. The van der Waals surface area contributed by atoms with Crippen LogP contribution in [0.25, 0.3) is 10.9 Å². The van der Waals surface area contributed by atoms with Crippen LogP contribution in [0.3, 0.4) is 0 Å². The van der Waals surface area contributed by atoms with E-state index in [1.54, 1.807) is 0 Å². The molecule has 30 heavy (non-hydrogen) atoms. The molecule has 1 fully saturated rings. The highest BCUT2D eigenvalue weighted by molar-refractivity contribution is 5.84. The van der Waals surface area contributed by atoms with Crippen LogP contribution >= 0.6 is 0 Å². The molecule has 4 aromatic rings. The molecule has 5 rings (SSSR count). The third kappa shape index (κ3) is 4.11. The van der Waals surface area contributed by atoms with E-state index in [4.69, 9.17) is 14.7 Å². The van der Waals surface area contributed by atoms with Gasteiger partial charge in [0.05, 0.1) is 10.9 Å². The van der Waals surface area contributed by atoms with Crippen molar-refractivity contribution in [1.29, 1.82) is 0 Å². The first-order valence-corrected chi connectivity index (χ1v) is 10.4. The van der Waals surface area contributed by atoms with Crippen molar-refractivity contribution in [1.82, 2.24) is 14.9 Å². The molecule has 3 aromatic carbocycles. The van der Waals surface area contributed by atoms with Crippen molar-refractivity contribution >= 4 is 16.9 Å². The summed E-state index contributed by atoms with van der Waals surface area (Å²) in [7, 11) is 0. The summed E-state index contributed by atoms with van der Waals surface area (Å²) in [5.74, 6) is 2.12. The topological polar surface area (TPSA) is 41.5 Å². The Morgan fingerprint density at radius 3 is 2.13 bits per heavy atom. The lowest BCUT2D eigenvalue weighted by Crippen LogP contribution is -2.46. The number of hydrogen-bond donors (Lipinski definition) is 0. The zero-order valence-corrected chi connectivity index (χ0v) is 16.8. The number of hydrogen-bond acceptors (Lipinski definition) is 5. The van der Waals surface area contributed by atoms with Crippen LogP contribution in [0.1, 0.15) is 5.56 Å². The molecule has 150 valence electrons. The molecule has 0 radical (unpaired) electrons. The third-order valence-electron chi connectivity index (χ3n) is 5.42. The summed E-state index contributed by atoms with van der Waals surface area (Å²) >= 11 is 0. The van der Waals surface area contributed by atoms with Crippen molar-refractivity contribution in [2.45, 2.75) is 6.54 Å². The fourth-order valence-electron chi connectivity index (χ4n) is 3.80. The van der Waals surface area contributed by atoms with E-state index in [1.165, 1.54) is 5.56 Å². The second-order valence-corrected chi connectivity index (χ2v) is 7.51. The Morgan fingerprint density at radius 1 is 0.700 bits per heavy atom. The Morgan fingerprint density at radius 2 is 1.37 bits per heavy atom. The Kier molecular flexibility index (Phi) is 5.27. The first-order valence-electron chi connectivity index (χ1n) is 10.4. The highest BCUT2D eigenvalue weighted by atomic mass is 16.5. The second kappa shape index (κ2) is 8.51. The molecule has 0 atom stereocenters. The average molecular weight is 396 g/mol.